The van der Waals surface area contributed by atoms with E-state index in [-0.39, 0.29) is 38.9 Å². The first-order valence-corrected chi connectivity index (χ1v) is 19.4. The Labute approximate surface area is 371 Å². The maximum Gasteiger partial charge on any atom is 0.248 e. The van der Waals surface area contributed by atoms with Gasteiger partial charge in [0.25, 0.3) is 0 Å². The smallest absolute Gasteiger partial charge is 0.248 e. The summed E-state index contributed by atoms with van der Waals surface area (Å²) < 4.78 is 14.0. The lowest BCUT2D eigenvalue weighted by Gasteiger charge is -2.18. The highest BCUT2D eigenvalue weighted by Crippen LogP contribution is 2.62. The molecule has 0 aliphatic heterocycles. The Hall–Kier alpha value is -10.3. The fourth-order valence-electron chi connectivity index (χ4n) is 9.60. The van der Waals surface area contributed by atoms with E-state index in [4.69, 9.17) is 9.15 Å². The number of aromatic hydroxyl groups is 19. The van der Waals surface area contributed by atoms with Crippen molar-refractivity contribution in [2.45, 2.75) is 13.8 Å². The third-order valence-electron chi connectivity index (χ3n) is 12.6. The van der Waals surface area contributed by atoms with Crippen molar-refractivity contribution in [2.75, 3.05) is 0 Å². The van der Waals surface area contributed by atoms with Gasteiger partial charge >= 0.3 is 0 Å². The van der Waals surface area contributed by atoms with Gasteiger partial charge in [0, 0.05) is 10.9 Å². The number of aryl methyl sites for hydroxylation is 2. The van der Waals surface area contributed by atoms with Crippen LogP contribution < -0.4 is 0 Å². The van der Waals surface area contributed by atoms with Gasteiger partial charge in [0.1, 0.15) is 33.1 Å². The Kier molecular flexibility index (Phi) is 7.45. The molecule has 4 heterocycles. The van der Waals surface area contributed by atoms with Crippen LogP contribution in [0, 0.1) is 13.8 Å². The molecule has 4 aromatic heterocycles. The topological polar surface area (TPSA) is 425 Å². The monoisotopic (exact) mass is 935 g/mol. The average Bonchev–Trinajstić information content (AvgIpc) is 3.95. The fourth-order valence-corrected chi connectivity index (χ4v) is 9.60. The van der Waals surface area contributed by atoms with Crippen LogP contribution in [0.3, 0.4) is 0 Å². The van der Waals surface area contributed by atoms with Gasteiger partial charge in [0.05, 0.1) is 43.8 Å². The quantitative estimate of drug-likeness (QED) is 0.0509. The Balaban J connectivity index is 1.44. The molecular formula is C44H29N3O21. The molecule has 0 saturated carbocycles. The molecule has 24 nitrogen and oxygen atoms in total. The zero-order chi connectivity index (χ0) is 48.9. The number of fused-ring (bicyclic) bond motifs is 11. The summed E-state index contributed by atoms with van der Waals surface area (Å²) in [4.78, 5) is 0. The molecular weight excluding hydrogens is 906 g/mol. The Morgan fingerprint density at radius 1 is 0.279 bits per heavy atom. The number of aromatic nitrogens is 3. The van der Waals surface area contributed by atoms with Crippen LogP contribution in [0.5, 0.6) is 109 Å². The van der Waals surface area contributed by atoms with E-state index in [1.807, 2.05) is 0 Å². The van der Waals surface area contributed by atoms with E-state index in [2.05, 4.69) is 0 Å². The summed E-state index contributed by atoms with van der Waals surface area (Å²) in [7, 11) is 0. The highest BCUT2D eigenvalue weighted by atomic mass is 17.0. The molecule has 19 N–H and O–H groups in total. The van der Waals surface area contributed by atoms with E-state index in [1.54, 1.807) is 0 Å². The van der Waals surface area contributed by atoms with Gasteiger partial charge in [0.2, 0.25) is 62.9 Å². The predicted octanol–water partition coefficient (Wildman–Crippen LogP) is 6.36. The van der Waals surface area contributed by atoms with Crippen molar-refractivity contribution in [3.63, 3.8) is 0 Å². The van der Waals surface area contributed by atoms with Crippen LogP contribution in [0.25, 0.3) is 93.5 Å². The normalized spacial score (nSPS) is 12.2. The second kappa shape index (κ2) is 12.5. The van der Waals surface area contributed by atoms with Crippen molar-refractivity contribution in [1.29, 1.82) is 0 Å². The molecule has 0 fully saturated rings. The number of phenols is 19. The van der Waals surface area contributed by atoms with Crippen LogP contribution in [0.4, 0.5) is 0 Å². The highest BCUT2D eigenvalue weighted by Gasteiger charge is 2.37. The second-order valence-electron chi connectivity index (χ2n) is 15.9. The van der Waals surface area contributed by atoms with Crippen LogP contribution in [0.2, 0.25) is 0 Å². The summed E-state index contributed by atoms with van der Waals surface area (Å²) in [5.74, 6) is -22.7. The number of hydrogen-bond acceptors (Lipinski definition) is 21. The largest absolute Gasteiger partial charge is 0.504 e. The molecule has 0 atom stereocenters. The van der Waals surface area contributed by atoms with Crippen molar-refractivity contribution in [2.24, 2.45) is 0 Å². The molecule has 68 heavy (non-hydrogen) atoms. The van der Waals surface area contributed by atoms with E-state index < -0.39 is 175 Å². The van der Waals surface area contributed by atoms with Crippen LogP contribution in [-0.4, -0.2) is 111 Å². The van der Waals surface area contributed by atoms with Gasteiger partial charge in [-0.25, -0.2) is 0 Å². The first kappa shape index (κ1) is 40.5. The Morgan fingerprint density at radius 2 is 0.588 bits per heavy atom. The van der Waals surface area contributed by atoms with E-state index in [1.165, 1.54) is 38.1 Å². The van der Waals surface area contributed by atoms with Gasteiger partial charge in [-0.1, -0.05) is 12.1 Å². The maximum absolute atomic E-state index is 12.7. The second-order valence-corrected chi connectivity index (χ2v) is 15.9. The van der Waals surface area contributed by atoms with Gasteiger partial charge in [-0.2, -0.15) is 0 Å². The first-order chi connectivity index (χ1) is 32.1. The molecule has 0 bridgehead atoms. The number of rotatable bonds is 2. The van der Waals surface area contributed by atoms with Crippen LogP contribution in [0.15, 0.2) is 33.4 Å². The minimum absolute atomic E-state index is 0.162. The van der Waals surface area contributed by atoms with Gasteiger partial charge < -0.3 is 101 Å². The van der Waals surface area contributed by atoms with Crippen molar-refractivity contribution >= 4 is 82.1 Å². The third-order valence-corrected chi connectivity index (χ3v) is 12.6. The van der Waals surface area contributed by atoms with Crippen molar-refractivity contribution < 1.29 is 106 Å². The minimum atomic E-state index is -1.34. The Bertz CT molecular complexity index is 4200. The lowest BCUT2D eigenvalue weighted by molar-refractivity contribution is 0.0877. The van der Waals surface area contributed by atoms with E-state index in [0.29, 0.717) is 0 Å². The molecule has 0 radical (unpaired) electrons. The van der Waals surface area contributed by atoms with Crippen molar-refractivity contribution in [1.82, 2.24) is 13.5 Å². The molecule has 11 aromatic rings. The maximum atomic E-state index is 12.7. The number of nitrogens with zero attached hydrogens (tertiary/aromatic N) is 3. The van der Waals surface area contributed by atoms with Gasteiger partial charge in [0.15, 0.2) is 57.5 Å². The molecule has 0 unspecified atom stereocenters. The van der Waals surface area contributed by atoms with E-state index >= 15 is 0 Å². The summed E-state index contributed by atoms with van der Waals surface area (Å²) in [6.45, 7) is 2.58. The standard InChI is InChI=1S/C44H29N3O21/c1-7-11-12-20(30(54)39(63)35(59)25(12)49)45(9-5-3-4-6-10(9)46-21-14(27(51)36(60)40(64)31(21)55)15-22(46)32(56)41(65)37(61)28(15)52)19(11)33(57)43-18(7)47-17-8(2)24(48)34(58)26(50)13(17)16-23(47)44(68-67-43)42(66)38(62)29(16)53/h3-6,48-66H,1-2H3. The molecule has 24 heteroatoms. The summed E-state index contributed by atoms with van der Waals surface area (Å²) in [5.41, 5.74) is -6.40. The fraction of sp³-hybridized carbons (Fsp3) is 0.0455. The zero-order valence-electron chi connectivity index (χ0n) is 34.0. The Morgan fingerprint density at radius 3 is 1.01 bits per heavy atom. The van der Waals surface area contributed by atoms with Crippen LogP contribution >= 0.6 is 0 Å². The predicted molar refractivity (Wildman–Crippen MR) is 233 cm³/mol. The zero-order valence-corrected chi connectivity index (χ0v) is 34.0. The molecule has 0 saturated heterocycles. The average molecular weight is 936 g/mol. The van der Waals surface area contributed by atoms with Crippen molar-refractivity contribution in [3.05, 3.63) is 35.4 Å². The summed E-state index contributed by atoms with van der Waals surface area (Å²) in [6.07, 6.45) is 0. The van der Waals surface area contributed by atoms with Gasteiger partial charge in [-0.05, 0) is 31.5 Å². The highest BCUT2D eigenvalue weighted by molar-refractivity contribution is 6.26. The molecule has 0 aliphatic rings. The van der Waals surface area contributed by atoms with E-state index in [0.717, 1.165) is 13.5 Å². The molecule has 11 rings (SSSR count). The molecule has 0 spiro atoms. The molecule has 0 aliphatic carbocycles. The lowest BCUT2D eigenvalue weighted by Crippen LogP contribution is -2.04. The summed E-state index contributed by atoms with van der Waals surface area (Å²) in [5, 5.41) is 210. The first-order valence-electron chi connectivity index (χ1n) is 19.4. The third kappa shape index (κ3) is 4.27. The SMILES string of the molecule is Cc1c2c3c(O)c(O)c(O)c(O)c3n(-c3ccccc3-n3c4c(O)c(O)c(O)c(O)c4c4c(O)c(O)c(O)c(O)c43)c2c(O)c2ooc3c(O)c(O)c(O)c4c5c(O)c(O)c(O)c(C)c5n(c12)c34. The number of phenolic OH excluding ortho intramolecular Hbond substituents is 19. The minimum Gasteiger partial charge on any atom is -0.504 e. The number of hydrogen-bond donors (Lipinski definition) is 19. The molecule has 346 valence electrons. The van der Waals surface area contributed by atoms with E-state index in [9.17, 15) is 97.0 Å². The number of benzene rings is 7. The van der Waals surface area contributed by atoms with Crippen molar-refractivity contribution in [3.8, 4) is 121 Å². The van der Waals surface area contributed by atoms with Gasteiger partial charge in [-0.3, -0.25) is 18.3 Å². The summed E-state index contributed by atoms with van der Waals surface area (Å²) >= 11 is 0. The summed E-state index contributed by atoms with van der Waals surface area (Å²) in [6, 6.07) is 5.10. The lowest BCUT2D eigenvalue weighted by atomic mass is 10.0. The van der Waals surface area contributed by atoms with Crippen LogP contribution in [0.1, 0.15) is 11.1 Å². The van der Waals surface area contributed by atoms with Crippen LogP contribution in [-0.2, 0) is 0 Å². The number of para-hydroxylation sites is 2. The molecule has 7 aromatic carbocycles. The van der Waals surface area contributed by atoms with Gasteiger partial charge in [-0.15, -0.1) is 0 Å². The molecule has 0 amide bonds.